The van der Waals surface area contributed by atoms with Gasteiger partial charge in [-0.3, -0.25) is 0 Å². The number of rotatable bonds is 4. The van der Waals surface area contributed by atoms with E-state index in [1.54, 1.807) is 28.5 Å². The molecule has 0 fully saturated rings. The first-order valence-electron chi connectivity index (χ1n) is 6.55. The lowest BCUT2D eigenvalue weighted by Gasteiger charge is -2.02. The highest BCUT2D eigenvalue weighted by Crippen LogP contribution is 2.31. The van der Waals surface area contributed by atoms with Crippen molar-refractivity contribution in [3.05, 3.63) is 53.8 Å². The van der Waals surface area contributed by atoms with Crippen LogP contribution in [-0.4, -0.2) is 29.9 Å². The van der Waals surface area contributed by atoms with E-state index >= 15 is 0 Å². The Morgan fingerprint density at radius 1 is 1.09 bits per heavy atom. The van der Waals surface area contributed by atoms with Gasteiger partial charge < -0.3 is 0 Å². The van der Waals surface area contributed by atoms with Crippen molar-refractivity contribution in [3.63, 3.8) is 0 Å². The predicted octanol–water partition coefficient (Wildman–Crippen LogP) is 2.88. The first-order valence-corrected chi connectivity index (χ1v) is 8.25. The molecule has 0 aliphatic heterocycles. The maximum Gasteiger partial charge on any atom is 0.183 e. The van der Waals surface area contributed by atoms with Crippen LogP contribution < -0.4 is 0 Å². The molecule has 0 unspecified atom stereocenters. The van der Waals surface area contributed by atoms with E-state index in [2.05, 4.69) is 37.4 Å². The van der Waals surface area contributed by atoms with Gasteiger partial charge in [-0.1, -0.05) is 35.5 Å². The fourth-order valence-electron chi connectivity index (χ4n) is 2.05. The second kappa shape index (κ2) is 5.82. The Morgan fingerprint density at radius 3 is 2.82 bits per heavy atom. The molecule has 0 aliphatic rings. The molecule has 3 heterocycles. The lowest BCUT2D eigenvalue weighted by Crippen LogP contribution is -2.02. The molecule has 3 aromatic heterocycles. The maximum absolute atomic E-state index is 4.32. The summed E-state index contributed by atoms with van der Waals surface area (Å²) in [7, 11) is 0. The van der Waals surface area contributed by atoms with Crippen molar-refractivity contribution in [2.45, 2.75) is 15.9 Å². The summed E-state index contributed by atoms with van der Waals surface area (Å²) in [5, 5.41) is 11.2. The van der Waals surface area contributed by atoms with E-state index in [0.717, 1.165) is 20.6 Å². The average molecular weight is 326 g/mol. The second-order valence-corrected chi connectivity index (χ2v) is 6.61. The minimum Gasteiger partial charge on any atom is -0.238 e. The Labute approximate surface area is 134 Å². The molecule has 4 aromatic rings. The summed E-state index contributed by atoms with van der Waals surface area (Å²) in [6.45, 7) is 0.635. The standard InChI is InChI=1S/C14H10N6S2/c1-2-4-10(5-3-1)8-20-12-11(18-19-20)13(17-9-16-12)22-14-15-6-7-21-14/h1-7,9H,8H2. The number of hydrogen-bond donors (Lipinski definition) is 0. The molecule has 22 heavy (non-hydrogen) atoms. The average Bonchev–Trinajstić information content (AvgIpc) is 3.19. The van der Waals surface area contributed by atoms with E-state index < -0.39 is 0 Å². The Bertz CT molecular complexity index is 888. The number of fused-ring (bicyclic) bond motifs is 1. The van der Waals surface area contributed by atoms with E-state index in [-0.39, 0.29) is 0 Å². The lowest BCUT2D eigenvalue weighted by atomic mass is 10.2. The molecule has 0 amide bonds. The maximum atomic E-state index is 4.32. The van der Waals surface area contributed by atoms with Crippen LogP contribution in [0.5, 0.6) is 0 Å². The van der Waals surface area contributed by atoms with Crippen LogP contribution >= 0.6 is 23.1 Å². The molecule has 0 aliphatic carbocycles. The summed E-state index contributed by atoms with van der Waals surface area (Å²) < 4.78 is 2.72. The van der Waals surface area contributed by atoms with Gasteiger partial charge in [-0.15, -0.1) is 16.4 Å². The third-order valence-corrected chi connectivity index (χ3v) is 4.91. The van der Waals surface area contributed by atoms with Gasteiger partial charge in [0.25, 0.3) is 0 Å². The van der Waals surface area contributed by atoms with E-state index in [4.69, 9.17) is 0 Å². The molecule has 1 aromatic carbocycles. The highest BCUT2D eigenvalue weighted by Gasteiger charge is 2.13. The molecule has 108 valence electrons. The molecule has 4 rings (SSSR count). The zero-order chi connectivity index (χ0) is 14.8. The fourth-order valence-corrected chi connectivity index (χ4v) is 3.62. The zero-order valence-corrected chi connectivity index (χ0v) is 13.0. The van der Waals surface area contributed by atoms with Crippen molar-refractivity contribution in [2.75, 3.05) is 0 Å². The molecule has 0 atom stereocenters. The first-order chi connectivity index (χ1) is 10.9. The number of nitrogens with zero attached hydrogens (tertiary/aromatic N) is 6. The van der Waals surface area contributed by atoms with Crippen LogP contribution in [-0.2, 0) is 6.54 Å². The molecule has 0 saturated carbocycles. The SMILES string of the molecule is c1ccc(Cn2nnc3c(Sc4nccs4)ncnc32)cc1. The normalized spacial score (nSPS) is 11.1. The third-order valence-electron chi connectivity index (χ3n) is 3.04. The Balaban J connectivity index is 1.70. The van der Waals surface area contributed by atoms with E-state index in [1.165, 1.54) is 11.8 Å². The molecule has 0 radical (unpaired) electrons. The van der Waals surface area contributed by atoms with E-state index in [9.17, 15) is 0 Å². The van der Waals surface area contributed by atoms with Gasteiger partial charge in [-0.05, 0) is 17.3 Å². The smallest absolute Gasteiger partial charge is 0.183 e. The first kappa shape index (κ1) is 13.4. The minimum atomic E-state index is 0.635. The number of benzene rings is 1. The molecular weight excluding hydrogens is 316 g/mol. The van der Waals surface area contributed by atoms with Gasteiger partial charge in [0.15, 0.2) is 15.5 Å². The highest BCUT2D eigenvalue weighted by molar-refractivity contribution is 8.01. The zero-order valence-electron chi connectivity index (χ0n) is 11.3. The second-order valence-electron chi connectivity index (χ2n) is 4.48. The summed E-state index contributed by atoms with van der Waals surface area (Å²) in [6, 6.07) is 10.1. The van der Waals surface area contributed by atoms with Crippen LogP contribution in [0.25, 0.3) is 11.2 Å². The quantitative estimate of drug-likeness (QED) is 0.537. The van der Waals surface area contributed by atoms with Crippen LogP contribution in [0.2, 0.25) is 0 Å². The van der Waals surface area contributed by atoms with Crippen LogP contribution in [0, 0.1) is 0 Å². The van der Waals surface area contributed by atoms with Crippen LogP contribution in [0.15, 0.2) is 57.6 Å². The summed E-state index contributed by atoms with van der Waals surface area (Å²) in [5.74, 6) is 0. The molecule has 0 spiro atoms. The summed E-state index contributed by atoms with van der Waals surface area (Å²) in [5.41, 5.74) is 2.60. The highest BCUT2D eigenvalue weighted by atomic mass is 32.2. The van der Waals surface area contributed by atoms with Gasteiger partial charge in [0.05, 0.1) is 6.54 Å². The summed E-state index contributed by atoms with van der Waals surface area (Å²) >= 11 is 3.06. The van der Waals surface area contributed by atoms with Crippen molar-refractivity contribution in [3.8, 4) is 0 Å². The largest absolute Gasteiger partial charge is 0.238 e. The number of aromatic nitrogens is 6. The molecule has 0 saturated heterocycles. The van der Waals surface area contributed by atoms with Gasteiger partial charge >= 0.3 is 0 Å². The van der Waals surface area contributed by atoms with Gasteiger partial charge in [-0.2, -0.15) is 0 Å². The van der Waals surface area contributed by atoms with Crippen molar-refractivity contribution in [1.82, 2.24) is 29.9 Å². The van der Waals surface area contributed by atoms with E-state index in [0.29, 0.717) is 12.1 Å². The molecule has 6 nitrogen and oxygen atoms in total. The molecule has 8 heteroatoms. The van der Waals surface area contributed by atoms with Crippen molar-refractivity contribution in [1.29, 1.82) is 0 Å². The van der Waals surface area contributed by atoms with Gasteiger partial charge in [0.1, 0.15) is 11.4 Å². The molecular formula is C14H10N6S2. The number of thiazole rings is 1. The van der Waals surface area contributed by atoms with Crippen LogP contribution in [0.3, 0.4) is 0 Å². The third kappa shape index (κ3) is 2.58. The predicted molar refractivity (Wildman–Crippen MR) is 84.9 cm³/mol. The number of hydrogen-bond acceptors (Lipinski definition) is 7. The molecule has 0 N–H and O–H groups in total. The monoisotopic (exact) mass is 326 g/mol. The van der Waals surface area contributed by atoms with E-state index in [1.807, 2.05) is 23.6 Å². The van der Waals surface area contributed by atoms with Crippen molar-refractivity contribution in [2.24, 2.45) is 0 Å². The van der Waals surface area contributed by atoms with Crippen molar-refractivity contribution < 1.29 is 0 Å². The van der Waals surface area contributed by atoms with Gasteiger partial charge in [-0.25, -0.2) is 19.6 Å². The van der Waals surface area contributed by atoms with Gasteiger partial charge in [0, 0.05) is 11.6 Å². The van der Waals surface area contributed by atoms with Crippen molar-refractivity contribution >= 4 is 34.3 Å². The van der Waals surface area contributed by atoms with Crippen LogP contribution in [0.1, 0.15) is 5.56 Å². The summed E-state index contributed by atoms with van der Waals surface area (Å²) in [6.07, 6.45) is 3.32. The Morgan fingerprint density at radius 2 is 2.00 bits per heavy atom. The van der Waals surface area contributed by atoms with Crippen LogP contribution in [0.4, 0.5) is 0 Å². The Hall–Kier alpha value is -2.32. The minimum absolute atomic E-state index is 0.635. The molecule has 0 bridgehead atoms. The fraction of sp³-hybridized carbons (Fsp3) is 0.0714. The summed E-state index contributed by atoms with van der Waals surface area (Å²) in [4.78, 5) is 12.9. The lowest BCUT2D eigenvalue weighted by molar-refractivity contribution is 0.664. The van der Waals surface area contributed by atoms with Gasteiger partial charge in [0.2, 0.25) is 0 Å². The Kier molecular flexibility index (Phi) is 3.53. The topological polar surface area (TPSA) is 69.4 Å².